The fourth-order valence-electron chi connectivity index (χ4n) is 1.43. The summed E-state index contributed by atoms with van der Waals surface area (Å²) < 4.78 is 5.06. The molecule has 1 heterocycles. The summed E-state index contributed by atoms with van der Waals surface area (Å²) >= 11 is 0. The van der Waals surface area contributed by atoms with Gasteiger partial charge in [0, 0.05) is 6.54 Å². The van der Waals surface area contributed by atoms with Crippen LogP contribution < -0.4 is 5.73 Å². The van der Waals surface area contributed by atoms with Crippen LogP contribution in [0.3, 0.4) is 0 Å². The number of nitrogens with two attached hydrogens (primary N) is 1. The van der Waals surface area contributed by atoms with Crippen molar-refractivity contribution >= 4 is 11.8 Å². The highest BCUT2D eigenvalue weighted by Crippen LogP contribution is 2.14. The second-order valence-electron chi connectivity index (χ2n) is 4.05. The van der Waals surface area contributed by atoms with E-state index in [1.807, 2.05) is 0 Å². The molecule has 0 bridgehead atoms. The summed E-state index contributed by atoms with van der Waals surface area (Å²) in [6.07, 6.45) is 0. The zero-order chi connectivity index (χ0) is 11.6. The van der Waals surface area contributed by atoms with Crippen LogP contribution >= 0.6 is 0 Å². The van der Waals surface area contributed by atoms with Crippen molar-refractivity contribution in [3.8, 4) is 0 Å². The van der Waals surface area contributed by atoms with Crippen LogP contribution in [0.2, 0.25) is 0 Å². The highest BCUT2D eigenvalue weighted by molar-refractivity contribution is 5.90. The molecule has 6 nitrogen and oxygen atoms in total. The van der Waals surface area contributed by atoms with Crippen LogP contribution in [0.15, 0.2) is 0 Å². The van der Waals surface area contributed by atoms with Gasteiger partial charge in [0.2, 0.25) is 5.91 Å². The molecule has 86 valence electrons. The Bertz CT molecular complexity index is 272. The summed E-state index contributed by atoms with van der Waals surface area (Å²) in [5.74, 6) is -1.12. The molecule has 2 amide bonds. The van der Waals surface area contributed by atoms with Gasteiger partial charge in [-0.1, -0.05) is 0 Å². The molecule has 0 aliphatic carbocycles. The lowest BCUT2D eigenvalue weighted by Crippen LogP contribution is -2.59. The third kappa shape index (κ3) is 2.66. The lowest BCUT2D eigenvalue weighted by molar-refractivity contribution is -0.160. The number of ether oxygens (including phenoxy) is 1. The predicted molar refractivity (Wildman–Crippen MR) is 51.8 cm³/mol. The van der Waals surface area contributed by atoms with E-state index in [9.17, 15) is 14.7 Å². The maximum absolute atomic E-state index is 11.7. The first-order chi connectivity index (χ1) is 6.84. The standard InChI is InChI=1S/C9H16N2O4/c1-9(2,14)8(13)11-3-4-15-5-6(11)7(10)12/h6,14H,3-5H2,1-2H3,(H2,10,12). The number of aliphatic hydroxyl groups is 1. The summed E-state index contributed by atoms with van der Waals surface area (Å²) in [6.45, 7) is 3.48. The molecule has 0 radical (unpaired) electrons. The lowest BCUT2D eigenvalue weighted by atomic mass is 10.1. The van der Waals surface area contributed by atoms with E-state index in [2.05, 4.69) is 0 Å². The monoisotopic (exact) mass is 216 g/mol. The number of rotatable bonds is 2. The largest absolute Gasteiger partial charge is 0.381 e. The van der Waals surface area contributed by atoms with Crippen molar-refractivity contribution in [3.63, 3.8) is 0 Å². The van der Waals surface area contributed by atoms with Crippen LogP contribution in [0, 0.1) is 0 Å². The quantitative estimate of drug-likeness (QED) is 0.585. The van der Waals surface area contributed by atoms with E-state index in [0.29, 0.717) is 6.61 Å². The lowest BCUT2D eigenvalue weighted by Gasteiger charge is -2.36. The van der Waals surface area contributed by atoms with Gasteiger partial charge in [0.25, 0.3) is 5.91 Å². The Morgan fingerprint density at radius 1 is 1.53 bits per heavy atom. The first kappa shape index (κ1) is 11.9. The molecule has 3 N–H and O–H groups in total. The minimum Gasteiger partial charge on any atom is -0.381 e. The van der Waals surface area contributed by atoms with E-state index in [1.54, 1.807) is 0 Å². The summed E-state index contributed by atoms with van der Waals surface area (Å²) in [6, 6.07) is -0.780. The molecule has 1 atom stereocenters. The predicted octanol–water partition coefficient (Wildman–Crippen LogP) is -1.53. The van der Waals surface area contributed by atoms with Gasteiger partial charge in [0.1, 0.15) is 11.6 Å². The maximum Gasteiger partial charge on any atom is 0.254 e. The molecule has 1 saturated heterocycles. The molecule has 0 aromatic rings. The number of carbonyl (C=O) groups excluding carboxylic acids is 2. The molecule has 1 aliphatic heterocycles. The minimum absolute atomic E-state index is 0.0944. The normalized spacial score (nSPS) is 22.6. The van der Waals surface area contributed by atoms with Crippen LogP contribution in [0.25, 0.3) is 0 Å². The number of primary amides is 1. The molecule has 0 aromatic carbocycles. The number of amides is 2. The van der Waals surface area contributed by atoms with E-state index >= 15 is 0 Å². The van der Waals surface area contributed by atoms with Gasteiger partial charge in [-0.15, -0.1) is 0 Å². The smallest absolute Gasteiger partial charge is 0.254 e. The maximum atomic E-state index is 11.7. The van der Waals surface area contributed by atoms with Gasteiger partial charge in [0.05, 0.1) is 13.2 Å². The van der Waals surface area contributed by atoms with E-state index < -0.39 is 23.5 Å². The van der Waals surface area contributed by atoms with Gasteiger partial charge in [-0.05, 0) is 13.8 Å². The van der Waals surface area contributed by atoms with Crippen LogP contribution in [-0.2, 0) is 14.3 Å². The van der Waals surface area contributed by atoms with Gasteiger partial charge in [-0.3, -0.25) is 9.59 Å². The highest BCUT2D eigenvalue weighted by atomic mass is 16.5. The average Bonchev–Trinajstić information content (AvgIpc) is 2.15. The van der Waals surface area contributed by atoms with Crippen LogP contribution in [-0.4, -0.2) is 53.2 Å². The van der Waals surface area contributed by atoms with Crippen molar-refractivity contribution in [2.24, 2.45) is 5.73 Å². The fraction of sp³-hybridized carbons (Fsp3) is 0.778. The topological polar surface area (TPSA) is 92.9 Å². The van der Waals surface area contributed by atoms with Crippen LogP contribution in [0.5, 0.6) is 0 Å². The minimum atomic E-state index is -1.49. The van der Waals surface area contributed by atoms with Gasteiger partial charge in [0.15, 0.2) is 0 Å². The van der Waals surface area contributed by atoms with Crippen LogP contribution in [0.4, 0.5) is 0 Å². The number of morpholine rings is 1. The third-order valence-electron chi connectivity index (χ3n) is 2.24. The van der Waals surface area contributed by atoms with E-state index in [4.69, 9.17) is 10.5 Å². The zero-order valence-electron chi connectivity index (χ0n) is 8.90. The number of hydrogen-bond donors (Lipinski definition) is 2. The molecule has 1 unspecified atom stereocenters. The Hall–Kier alpha value is -1.14. The molecule has 1 rings (SSSR count). The highest BCUT2D eigenvalue weighted by Gasteiger charge is 2.37. The Morgan fingerprint density at radius 2 is 2.13 bits per heavy atom. The molecule has 1 aliphatic rings. The van der Waals surface area contributed by atoms with Gasteiger partial charge < -0.3 is 20.5 Å². The average molecular weight is 216 g/mol. The van der Waals surface area contributed by atoms with Crippen LogP contribution in [0.1, 0.15) is 13.8 Å². The number of nitrogens with zero attached hydrogens (tertiary/aromatic N) is 1. The number of hydrogen-bond acceptors (Lipinski definition) is 4. The number of carbonyl (C=O) groups is 2. The van der Waals surface area contributed by atoms with Crippen molar-refractivity contribution in [2.75, 3.05) is 19.8 Å². The van der Waals surface area contributed by atoms with E-state index in [-0.39, 0.29) is 13.2 Å². The molecule has 1 fully saturated rings. The Kier molecular flexibility index (Phi) is 3.31. The molecule has 0 aromatic heterocycles. The Morgan fingerprint density at radius 3 is 2.60 bits per heavy atom. The summed E-state index contributed by atoms with van der Waals surface area (Å²) in [4.78, 5) is 24.1. The second-order valence-corrected chi connectivity index (χ2v) is 4.05. The van der Waals surface area contributed by atoms with Gasteiger partial charge in [-0.2, -0.15) is 0 Å². The van der Waals surface area contributed by atoms with Crippen molar-refractivity contribution in [1.29, 1.82) is 0 Å². The van der Waals surface area contributed by atoms with Crippen molar-refractivity contribution < 1.29 is 19.4 Å². The summed E-state index contributed by atoms with van der Waals surface area (Å²) in [5, 5.41) is 9.55. The summed E-state index contributed by atoms with van der Waals surface area (Å²) in [7, 11) is 0. The first-order valence-corrected chi connectivity index (χ1v) is 4.74. The van der Waals surface area contributed by atoms with Gasteiger partial charge in [-0.25, -0.2) is 0 Å². The van der Waals surface area contributed by atoms with Crippen molar-refractivity contribution in [1.82, 2.24) is 4.90 Å². The zero-order valence-corrected chi connectivity index (χ0v) is 8.90. The van der Waals surface area contributed by atoms with E-state index in [1.165, 1.54) is 18.7 Å². The van der Waals surface area contributed by atoms with Crippen molar-refractivity contribution in [2.45, 2.75) is 25.5 Å². The molecular weight excluding hydrogens is 200 g/mol. The summed E-state index contributed by atoms with van der Waals surface area (Å²) in [5.41, 5.74) is 3.65. The second kappa shape index (κ2) is 4.16. The molecule has 6 heteroatoms. The van der Waals surface area contributed by atoms with E-state index in [0.717, 1.165) is 0 Å². The molecule has 0 spiro atoms. The Labute approximate surface area is 88.0 Å². The van der Waals surface area contributed by atoms with Gasteiger partial charge >= 0.3 is 0 Å². The SMILES string of the molecule is CC(C)(O)C(=O)N1CCOCC1C(N)=O. The Balaban J connectivity index is 2.81. The third-order valence-corrected chi connectivity index (χ3v) is 2.24. The fourth-order valence-corrected chi connectivity index (χ4v) is 1.43. The van der Waals surface area contributed by atoms with Crippen molar-refractivity contribution in [3.05, 3.63) is 0 Å². The molecule has 15 heavy (non-hydrogen) atoms. The molecular formula is C9H16N2O4. The molecule has 0 saturated carbocycles. The first-order valence-electron chi connectivity index (χ1n) is 4.74.